The van der Waals surface area contributed by atoms with Crippen molar-refractivity contribution < 1.29 is 9.18 Å². The maximum absolute atomic E-state index is 14.4. The minimum atomic E-state index is -0.263. The Bertz CT molecular complexity index is 1370. The second-order valence-electron chi connectivity index (χ2n) is 10.0. The average molecular weight is 517 g/mol. The summed E-state index contributed by atoms with van der Waals surface area (Å²) >= 11 is 1.69. The van der Waals surface area contributed by atoms with Gasteiger partial charge in [0.2, 0.25) is 0 Å². The summed E-state index contributed by atoms with van der Waals surface area (Å²) in [5.41, 5.74) is 4.56. The van der Waals surface area contributed by atoms with Gasteiger partial charge in [0.05, 0.1) is 17.8 Å². The van der Waals surface area contributed by atoms with Crippen LogP contribution in [0.2, 0.25) is 0 Å². The molecular formula is C28H29FN6OS. The second kappa shape index (κ2) is 10.1. The summed E-state index contributed by atoms with van der Waals surface area (Å²) in [5, 5.41) is 13.2. The van der Waals surface area contributed by atoms with E-state index in [0.29, 0.717) is 18.7 Å². The zero-order valence-corrected chi connectivity index (χ0v) is 21.5. The van der Waals surface area contributed by atoms with E-state index >= 15 is 0 Å². The monoisotopic (exact) mass is 516 g/mol. The first-order valence-electron chi connectivity index (χ1n) is 12.7. The number of benzene rings is 1. The minimum absolute atomic E-state index is 0.0226. The summed E-state index contributed by atoms with van der Waals surface area (Å²) in [7, 11) is 0. The Labute approximate surface area is 219 Å². The summed E-state index contributed by atoms with van der Waals surface area (Å²) < 4.78 is 16.3. The molecule has 9 heteroatoms. The van der Waals surface area contributed by atoms with Crippen LogP contribution in [0, 0.1) is 12.7 Å². The van der Waals surface area contributed by atoms with Crippen molar-refractivity contribution in [3.8, 4) is 0 Å². The Morgan fingerprint density at radius 1 is 1.16 bits per heavy atom. The largest absolute Gasteiger partial charge is 0.335 e. The van der Waals surface area contributed by atoms with Gasteiger partial charge >= 0.3 is 0 Å². The maximum Gasteiger partial charge on any atom is 0.255 e. The molecule has 37 heavy (non-hydrogen) atoms. The number of nitrogens with zero attached hydrogens (tertiary/aromatic N) is 6. The van der Waals surface area contributed by atoms with Gasteiger partial charge in [-0.15, -0.1) is 5.10 Å². The zero-order chi connectivity index (χ0) is 25.4. The number of carbonyl (C=O) groups excluding carboxylic acids is 1. The van der Waals surface area contributed by atoms with E-state index in [4.69, 9.17) is 0 Å². The molecule has 2 fully saturated rings. The molecule has 1 aromatic carbocycles. The van der Waals surface area contributed by atoms with Crippen LogP contribution >= 0.6 is 11.3 Å². The van der Waals surface area contributed by atoms with Gasteiger partial charge < -0.3 is 4.90 Å². The first kappa shape index (κ1) is 23.9. The van der Waals surface area contributed by atoms with Gasteiger partial charge in [-0.05, 0) is 77.9 Å². The fraction of sp³-hybridized carbons (Fsp3) is 0.357. The molecular weight excluding hydrogens is 487 g/mol. The third-order valence-electron chi connectivity index (χ3n) is 7.46. The van der Waals surface area contributed by atoms with Gasteiger partial charge in [-0.1, -0.05) is 17.3 Å². The van der Waals surface area contributed by atoms with Gasteiger partial charge in [-0.3, -0.25) is 19.4 Å². The van der Waals surface area contributed by atoms with Gasteiger partial charge in [0.15, 0.2) is 0 Å². The molecule has 4 aromatic rings. The van der Waals surface area contributed by atoms with E-state index in [0.717, 1.165) is 42.6 Å². The quantitative estimate of drug-likeness (QED) is 0.362. The third-order valence-corrected chi connectivity index (χ3v) is 8.19. The molecule has 2 saturated heterocycles. The topological polar surface area (TPSA) is 67.2 Å². The molecule has 3 atom stereocenters. The third kappa shape index (κ3) is 4.93. The molecule has 0 radical (unpaired) electrons. The van der Waals surface area contributed by atoms with Gasteiger partial charge in [-0.25, -0.2) is 4.39 Å². The van der Waals surface area contributed by atoms with Crippen LogP contribution in [0.4, 0.5) is 4.39 Å². The molecule has 0 aliphatic carbocycles. The Hall–Kier alpha value is -3.43. The summed E-state index contributed by atoms with van der Waals surface area (Å²) in [5.74, 6) is -0.241. The second-order valence-corrected chi connectivity index (χ2v) is 10.8. The Kier molecular flexibility index (Phi) is 6.56. The van der Waals surface area contributed by atoms with Crippen LogP contribution in [0.1, 0.15) is 51.6 Å². The predicted octanol–water partition coefficient (Wildman–Crippen LogP) is 4.50. The number of likely N-dealkylation sites (tertiary alicyclic amines) is 1. The highest BCUT2D eigenvalue weighted by atomic mass is 32.1. The molecule has 6 rings (SSSR count). The number of halogens is 1. The van der Waals surface area contributed by atoms with Crippen molar-refractivity contribution in [2.45, 2.75) is 50.9 Å². The lowest BCUT2D eigenvalue weighted by Gasteiger charge is -2.44. The van der Waals surface area contributed by atoms with Crippen molar-refractivity contribution in [2.75, 3.05) is 13.1 Å². The van der Waals surface area contributed by atoms with Crippen molar-refractivity contribution in [3.63, 3.8) is 0 Å². The number of carbonyl (C=O) groups is 1. The molecule has 0 saturated carbocycles. The first-order valence-corrected chi connectivity index (χ1v) is 13.6. The predicted molar refractivity (Wildman–Crippen MR) is 140 cm³/mol. The highest BCUT2D eigenvalue weighted by Gasteiger charge is 2.46. The fourth-order valence-electron chi connectivity index (χ4n) is 5.78. The number of hydrogen-bond acceptors (Lipinski definition) is 6. The number of hydrogen-bond donors (Lipinski definition) is 0. The van der Waals surface area contributed by atoms with Crippen molar-refractivity contribution in [1.82, 2.24) is 29.8 Å². The molecule has 0 unspecified atom stereocenters. The highest BCUT2D eigenvalue weighted by Crippen LogP contribution is 2.40. The van der Waals surface area contributed by atoms with E-state index < -0.39 is 0 Å². The van der Waals surface area contributed by atoms with Crippen LogP contribution in [-0.2, 0) is 13.0 Å². The van der Waals surface area contributed by atoms with Gasteiger partial charge in [-0.2, -0.15) is 11.3 Å². The van der Waals surface area contributed by atoms with Crippen LogP contribution in [0.25, 0.3) is 0 Å². The van der Waals surface area contributed by atoms with E-state index in [1.807, 2.05) is 34.8 Å². The van der Waals surface area contributed by atoms with Crippen molar-refractivity contribution in [2.24, 2.45) is 0 Å². The first-order chi connectivity index (χ1) is 18.0. The number of aromatic nitrogens is 4. The van der Waals surface area contributed by atoms with E-state index in [9.17, 15) is 9.18 Å². The normalized spacial score (nSPS) is 20.3. The summed E-state index contributed by atoms with van der Waals surface area (Å²) in [6.07, 6.45) is 8.26. The number of piperazine rings is 1. The SMILES string of the molecule is Cc1cncc(C(=O)N2C[C@H]3CC[C@@H](C2)N3[C@H](c2cccc(F)c2)c2cn(CCc3ccsc3)nn2)c1. The number of rotatable bonds is 7. The van der Waals surface area contributed by atoms with Gasteiger partial charge in [0.25, 0.3) is 5.91 Å². The highest BCUT2D eigenvalue weighted by molar-refractivity contribution is 7.07. The van der Waals surface area contributed by atoms with Crippen LogP contribution in [0.3, 0.4) is 0 Å². The van der Waals surface area contributed by atoms with Crippen molar-refractivity contribution in [1.29, 1.82) is 0 Å². The van der Waals surface area contributed by atoms with Gasteiger partial charge in [0, 0.05) is 44.1 Å². The zero-order valence-electron chi connectivity index (χ0n) is 20.7. The van der Waals surface area contributed by atoms with E-state index in [1.165, 1.54) is 11.6 Å². The molecule has 0 N–H and O–H groups in total. The van der Waals surface area contributed by atoms with E-state index in [1.54, 1.807) is 35.9 Å². The smallest absolute Gasteiger partial charge is 0.255 e. The molecule has 2 aliphatic rings. The van der Waals surface area contributed by atoms with Crippen LogP contribution in [0.15, 0.2) is 65.7 Å². The average Bonchev–Trinajstić information content (AvgIpc) is 3.63. The maximum atomic E-state index is 14.4. The lowest BCUT2D eigenvalue weighted by atomic mass is 9.98. The van der Waals surface area contributed by atoms with Crippen LogP contribution in [0.5, 0.6) is 0 Å². The molecule has 3 aromatic heterocycles. The molecule has 2 bridgehead atoms. The standard InChI is InChI=1S/C28H29FN6OS/c1-19-11-22(14-30-13-19)28(36)33-15-24-5-6-25(16-33)35(24)27(21-3-2-4-23(29)12-21)26-17-34(32-31-26)9-7-20-8-10-37-18-20/h2-4,8,10-14,17-18,24-25,27H,5-7,9,15-16H2,1H3/t24-,25+,27-/m1/s1. The lowest BCUT2D eigenvalue weighted by Crippen LogP contribution is -2.56. The summed E-state index contributed by atoms with van der Waals surface area (Å²) in [6.45, 7) is 3.94. The molecule has 2 aliphatic heterocycles. The van der Waals surface area contributed by atoms with Crippen LogP contribution in [-0.4, -0.2) is 60.9 Å². The van der Waals surface area contributed by atoms with E-state index in [2.05, 4.69) is 37.0 Å². The number of fused-ring (bicyclic) bond motifs is 2. The summed E-state index contributed by atoms with van der Waals surface area (Å²) in [4.78, 5) is 21.9. The molecule has 190 valence electrons. The number of amides is 1. The molecule has 5 heterocycles. The fourth-order valence-corrected chi connectivity index (χ4v) is 6.48. The van der Waals surface area contributed by atoms with E-state index in [-0.39, 0.29) is 29.8 Å². The van der Waals surface area contributed by atoms with Crippen LogP contribution < -0.4 is 0 Å². The summed E-state index contributed by atoms with van der Waals surface area (Å²) in [6, 6.07) is 10.9. The Balaban J connectivity index is 1.27. The molecule has 0 spiro atoms. The van der Waals surface area contributed by atoms with Crippen molar-refractivity contribution in [3.05, 3.63) is 99.5 Å². The van der Waals surface area contributed by atoms with Gasteiger partial charge in [0.1, 0.15) is 11.5 Å². The van der Waals surface area contributed by atoms with Crippen molar-refractivity contribution >= 4 is 17.2 Å². The molecule has 7 nitrogen and oxygen atoms in total. The number of aryl methyl sites for hydroxylation is 3. The Morgan fingerprint density at radius 3 is 2.73 bits per heavy atom. The Morgan fingerprint density at radius 2 is 2.00 bits per heavy atom. The number of pyridine rings is 1. The number of thiophene rings is 1. The minimum Gasteiger partial charge on any atom is -0.335 e. The molecule has 1 amide bonds. The lowest BCUT2D eigenvalue weighted by molar-refractivity contribution is 0.0333.